The lowest BCUT2D eigenvalue weighted by atomic mass is 9.95. The molecule has 3 rings (SSSR count). The lowest BCUT2D eigenvalue weighted by Gasteiger charge is -2.31. The van der Waals surface area contributed by atoms with Crippen LogP contribution in [0.25, 0.3) is 0 Å². The number of carbonyl (C=O) groups is 1. The number of likely N-dealkylation sites (tertiary alicyclic amines) is 1. The van der Waals surface area contributed by atoms with E-state index in [0.717, 1.165) is 49.5 Å². The summed E-state index contributed by atoms with van der Waals surface area (Å²) in [4.78, 5) is 14.7. The second-order valence-corrected chi connectivity index (χ2v) is 6.39. The van der Waals surface area contributed by atoms with Crippen molar-refractivity contribution in [2.24, 2.45) is 5.92 Å². The number of benzene rings is 2. The quantitative estimate of drug-likeness (QED) is 0.901. The average Bonchev–Trinajstić information content (AvgIpc) is 2.65. The van der Waals surface area contributed by atoms with Crippen molar-refractivity contribution in [1.82, 2.24) is 4.90 Å². The monoisotopic (exact) mass is 342 g/mol. The first kappa shape index (κ1) is 17.4. The summed E-state index contributed by atoms with van der Waals surface area (Å²) in [6.45, 7) is 2.54. The number of amides is 1. The molecule has 4 nitrogen and oxygen atoms in total. The van der Waals surface area contributed by atoms with Gasteiger partial charge in [0.2, 0.25) is 5.91 Å². The van der Waals surface area contributed by atoms with Crippen molar-refractivity contribution in [1.29, 1.82) is 0 Å². The molecule has 0 radical (unpaired) electrons. The summed E-state index contributed by atoms with van der Waals surface area (Å²) in [6, 6.07) is 14.0. The summed E-state index contributed by atoms with van der Waals surface area (Å²) in [5.74, 6) is 0.669. The van der Waals surface area contributed by atoms with Crippen molar-refractivity contribution in [2.75, 3.05) is 25.5 Å². The Bertz CT molecular complexity index is 693. The molecule has 0 spiro atoms. The van der Waals surface area contributed by atoms with Gasteiger partial charge in [-0.05, 0) is 67.9 Å². The van der Waals surface area contributed by atoms with Gasteiger partial charge in [0.15, 0.2) is 0 Å². The van der Waals surface area contributed by atoms with Crippen LogP contribution in [0.4, 0.5) is 10.1 Å². The van der Waals surface area contributed by atoms with Gasteiger partial charge >= 0.3 is 0 Å². The highest BCUT2D eigenvalue weighted by Gasteiger charge is 2.25. The van der Waals surface area contributed by atoms with E-state index in [1.165, 1.54) is 12.1 Å². The number of ether oxygens (including phenoxy) is 1. The summed E-state index contributed by atoms with van der Waals surface area (Å²) in [5, 5.41) is 2.98. The summed E-state index contributed by atoms with van der Waals surface area (Å²) >= 11 is 0. The van der Waals surface area contributed by atoms with Gasteiger partial charge in [0.05, 0.1) is 7.11 Å². The van der Waals surface area contributed by atoms with Crippen LogP contribution in [0.5, 0.6) is 5.75 Å². The van der Waals surface area contributed by atoms with Crippen molar-refractivity contribution in [2.45, 2.75) is 19.4 Å². The van der Waals surface area contributed by atoms with E-state index in [-0.39, 0.29) is 17.6 Å². The minimum atomic E-state index is -0.210. The molecule has 1 amide bonds. The SMILES string of the molecule is COc1ccc(NC(=O)C2CCN(Cc3ccc(F)cc3)CC2)cc1. The largest absolute Gasteiger partial charge is 0.497 e. The molecule has 0 saturated carbocycles. The highest BCUT2D eigenvalue weighted by atomic mass is 19.1. The molecule has 0 atom stereocenters. The maximum Gasteiger partial charge on any atom is 0.227 e. The number of carbonyl (C=O) groups excluding carboxylic acids is 1. The van der Waals surface area contributed by atoms with Gasteiger partial charge in [0.1, 0.15) is 11.6 Å². The van der Waals surface area contributed by atoms with E-state index in [1.54, 1.807) is 7.11 Å². The minimum absolute atomic E-state index is 0.0339. The number of halogens is 1. The first-order valence-electron chi connectivity index (χ1n) is 8.56. The number of methoxy groups -OCH3 is 1. The fourth-order valence-corrected chi connectivity index (χ4v) is 3.12. The Morgan fingerprint density at radius 1 is 1.12 bits per heavy atom. The molecular weight excluding hydrogens is 319 g/mol. The molecule has 1 fully saturated rings. The van der Waals surface area contributed by atoms with Crippen molar-refractivity contribution in [3.8, 4) is 5.75 Å². The Morgan fingerprint density at radius 3 is 2.36 bits per heavy atom. The first-order chi connectivity index (χ1) is 12.1. The standard InChI is InChI=1S/C20H23FN2O2/c1-25-19-8-6-18(7-9-19)22-20(24)16-10-12-23(13-11-16)14-15-2-4-17(21)5-3-15/h2-9,16H,10-14H2,1H3,(H,22,24). The van der Waals surface area contributed by atoms with Crippen LogP contribution in [0.3, 0.4) is 0 Å². The smallest absolute Gasteiger partial charge is 0.227 e. The summed E-state index contributed by atoms with van der Waals surface area (Å²) in [5.41, 5.74) is 1.89. The Hall–Kier alpha value is -2.40. The van der Waals surface area contributed by atoms with Crippen LogP contribution in [0, 0.1) is 11.7 Å². The summed E-state index contributed by atoms with van der Waals surface area (Å²) < 4.78 is 18.1. The van der Waals surface area contributed by atoms with E-state index in [1.807, 2.05) is 36.4 Å². The summed E-state index contributed by atoms with van der Waals surface area (Å²) in [7, 11) is 1.62. The van der Waals surface area contributed by atoms with Gasteiger partial charge in [-0.3, -0.25) is 9.69 Å². The van der Waals surface area contributed by atoms with Gasteiger partial charge in [-0.25, -0.2) is 4.39 Å². The zero-order valence-corrected chi connectivity index (χ0v) is 14.4. The Morgan fingerprint density at radius 2 is 1.76 bits per heavy atom. The molecule has 5 heteroatoms. The average molecular weight is 342 g/mol. The van der Waals surface area contributed by atoms with Crippen LogP contribution in [0.1, 0.15) is 18.4 Å². The van der Waals surface area contributed by atoms with E-state index in [2.05, 4.69) is 10.2 Å². The van der Waals surface area contributed by atoms with E-state index >= 15 is 0 Å². The van der Waals surface area contributed by atoms with Gasteiger partial charge in [0.25, 0.3) is 0 Å². The topological polar surface area (TPSA) is 41.6 Å². The fraction of sp³-hybridized carbons (Fsp3) is 0.350. The predicted octanol–water partition coefficient (Wildman–Crippen LogP) is 3.69. The zero-order chi connectivity index (χ0) is 17.6. The Kier molecular flexibility index (Phi) is 5.66. The second-order valence-electron chi connectivity index (χ2n) is 6.39. The van der Waals surface area contributed by atoms with Crippen molar-refractivity contribution < 1.29 is 13.9 Å². The molecule has 0 bridgehead atoms. The van der Waals surface area contributed by atoms with Crippen molar-refractivity contribution in [3.63, 3.8) is 0 Å². The number of hydrogen-bond donors (Lipinski definition) is 1. The first-order valence-corrected chi connectivity index (χ1v) is 8.56. The van der Waals surface area contributed by atoms with Crippen LogP contribution in [-0.2, 0) is 11.3 Å². The van der Waals surface area contributed by atoms with Gasteiger partial charge < -0.3 is 10.1 Å². The number of nitrogens with zero attached hydrogens (tertiary/aromatic N) is 1. The number of nitrogens with one attached hydrogen (secondary N) is 1. The number of piperidine rings is 1. The molecule has 2 aromatic rings. The molecule has 1 saturated heterocycles. The molecular formula is C20H23FN2O2. The maximum atomic E-state index is 13.0. The van der Waals surface area contributed by atoms with Crippen molar-refractivity contribution >= 4 is 11.6 Å². The summed E-state index contributed by atoms with van der Waals surface area (Å²) in [6.07, 6.45) is 1.67. The fourth-order valence-electron chi connectivity index (χ4n) is 3.12. The number of hydrogen-bond acceptors (Lipinski definition) is 3. The van der Waals surface area contributed by atoms with Gasteiger partial charge in [-0.1, -0.05) is 12.1 Å². The van der Waals surface area contributed by atoms with Crippen LogP contribution in [0.2, 0.25) is 0 Å². The molecule has 0 aromatic heterocycles. The molecule has 2 aromatic carbocycles. The van der Waals surface area contributed by atoms with Crippen LogP contribution < -0.4 is 10.1 Å². The molecule has 25 heavy (non-hydrogen) atoms. The molecule has 1 N–H and O–H groups in total. The van der Waals surface area contributed by atoms with E-state index in [0.29, 0.717) is 0 Å². The van der Waals surface area contributed by atoms with Gasteiger partial charge in [0, 0.05) is 18.2 Å². The van der Waals surface area contributed by atoms with Crippen LogP contribution in [0.15, 0.2) is 48.5 Å². The van der Waals surface area contributed by atoms with E-state index in [4.69, 9.17) is 4.74 Å². The molecule has 1 aliphatic heterocycles. The number of anilines is 1. The highest BCUT2D eigenvalue weighted by molar-refractivity contribution is 5.92. The maximum absolute atomic E-state index is 13.0. The molecule has 1 heterocycles. The highest BCUT2D eigenvalue weighted by Crippen LogP contribution is 2.22. The third-order valence-electron chi connectivity index (χ3n) is 4.64. The molecule has 0 unspecified atom stereocenters. The normalized spacial score (nSPS) is 15.8. The lowest BCUT2D eigenvalue weighted by molar-refractivity contribution is -0.121. The third-order valence-corrected chi connectivity index (χ3v) is 4.64. The van der Waals surface area contributed by atoms with Crippen LogP contribution in [-0.4, -0.2) is 31.0 Å². The Balaban J connectivity index is 1.47. The molecule has 1 aliphatic rings. The third kappa shape index (κ3) is 4.79. The predicted molar refractivity (Wildman–Crippen MR) is 96.0 cm³/mol. The van der Waals surface area contributed by atoms with Gasteiger partial charge in [-0.2, -0.15) is 0 Å². The zero-order valence-electron chi connectivity index (χ0n) is 14.4. The minimum Gasteiger partial charge on any atom is -0.497 e. The number of rotatable bonds is 5. The van der Waals surface area contributed by atoms with Gasteiger partial charge in [-0.15, -0.1) is 0 Å². The second kappa shape index (κ2) is 8.12. The Labute approximate surface area is 147 Å². The van der Waals surface area contributed by atoms with Crippen molar-refractivity contribution in [3.05, 3.63) is 59.9 Å². The van der Waals surface area contributed by atoms with Crippen LogP contribution >= 0.6 is 0 Å². The van der Waals surface area contributed by atoms with E-state index in [9.17, 15) is 9.18 Å². The lowest BCUT2D eigenvalue weighted by Crippen LogP contribution is -2.37. The van der Waals surface area contributed by atoms with E-state index < -0.39 is 0 Å². The molecule has 0 aliphatic carbocycles. The molecule has 132 valence electrons.